The van der Waals surface area contributed by atoms with Crippen LogP contribution in [0.15, 0.2) is 18.2 Å². The highest BCUT2D eigenvalue weighted by Gasteiger charge is 2.30. The first-order valence-electron chi connectivity index (χ1n) is 6.70. The lowest BCUT2D eigenvalue weighted by molar-refractivity contribution is 0.0555. The summed E-state index contributed by atoms with van der Waals surface area (Å²) in [5, 5.41) is 10.4. The Hall–Kier alpha value is -1.09. The predicted octanol–water partition coefficient (Wildman–Crippen LogP) is 3.51. The Kier molecular flexibility index (Phi) is 3.91. The highest BCUT2D eigenvalue weighted by molar-refractivity contribution is 5.48. The largest absolute Gasteiger partial charge is 0.398 e. The van der Waals surface area contributed by atoms with E-state index >= 15 is 0 Å². The van der Waals surface area contributed by atoms with E-state index in [4.69, 9.17) is 5.73 Å². The lowest BCUT2D eigenvalue weighted by atomic mass is 9.73. The normalized spacial score (nSPS) is 30.1. The fourth-order valence-electron chi connectivity index (χ4n) is 3.32. The zero-order valence-electron chi connectivity index (χ0n) is 11.1. The molecule has 1 aromatic carbocycles. The second-order valence-corrected chi connectivity index (χ2v) is 5.90. The fraction of sp³-hybridized carbons (Fsp3) is 0.600. The van der Waals surface area contributed by atoms with Gasteiger partial charge in [-0.25, -0.2) is 4.39 Å². The molecule has 0 bridgehead atoms. The number of benzene rings is 1. The van der Waals surface area contributed by atoms with Gasteiger partial charge in [0.15, 0.2) is 0 Å². The first kappa shape index (κ1) is 13.3. The summed E-state index contributed by atoms with van der Waals surface area (Å²) in [4.78, 5) is 0. The molecule has 0 heterocycles. The monoisotopic (exact) mass is 251 g/mol. The molecule has 0 saturated heterocycles. The predicted molar refractivity (Wildman–Crippen MR) is 71.4 cm³/mol. The number of hydrogen-bond acceptors (Lipinski definition) is 2. The smallest absolute Gasteiger partial charge is 0.123 e. The summed E-state index contributed by atoms with van der Waals surface area (Å²) >= 11 is 0. The van der Waals surface area contributed by atoms with Crippen molar-refractivity contribution in [1.82, 2.24) is 0 Å². The third kappa shape index (κ3) is 2.83. The van der Waals surface area contributed by atoms with Crippen LogP contribution in [0, 0.1) is 23.6 Å². The number of halogens is 1. The van der Waals surface area contributed by atoms with Gasteiger partial charge in [0.25, 0.3) is 0 Å². The van der Waals surface area contributed by atoms with Gasteiger partial charge >= 0.3 is 0 Å². The summed E-state index contributed by atoms with van der Waals surface area (Å²) in [5.74, 6) is 1.08. The topological polar surface area (TPSA) is 46.2 Å². The minimum Gasteiger partial charge on any atom is -0.398 e. The first-order chi connectivity index (χ1) is 8.47. The Labute approximate surface area is 108 Å². The van der Waals surface area contributed by atoms with Crippen LogP contribution in [-0.4, -0.2) is 5.11 Å². The Morgan fingerprint density at radius 2 is 1.83 bits per heavy atom. The number of rotatable bonds is 2. The Balaban J connectivity index is 2.19. The molecule has 3 atom stereocenters. The molecule has 3 heteroatoms. The molecule has 100 valence electrons. The van der Waals surface area contributed by atoms with Crippen molar-refractivity contribution in [3.05, 3.63) is 29.6 Å². The minimum absolute atomic E-state index is 0.188. The lowest BCUT2D eigenvalue weighted by Gasteiger charge is -2.34. The summed E-state index contributed by atoms with van der Waals surface area (Å²) in [5.41, 5.74) is 6.86. The second kappa shape index (κ2) is 5.27. The zero-order valence-corrected chi connectivity index (χ0v) is 11.1. The van der Waals surface area contributed by atoms with E-state index in [1.54, 1.807) is 0 Å². The molecular weight excluding hydrogens is 229 g/mol. The number of nitrogen functional groups attached to an aromatic ring is 1. The van der Waals surface area contributed by atoms with Gasteiger partial charge in [-0.15, -0.1) is 0 Å². The van der Waals surface area contributed by atoms with Gasteiger partial charge in [-0.3, -0.25) is 0 Å². The molecule has 2 nitrogen and oxygen atoms in total. The molecule has 18 heavy (non-hydrogen) atoms. The van der Waals surface area contributed by atoms with Crippen LogP contribution >= 0.6 is 0 Å². The molecule has 3 N–H and O–H groups in total. The van der Waals surface area contributed by atoms with Crippen LogP contribution in [0.5, 0.6) is 0 Å². The van der Waals surface area contributed by atoms with E-state index in [1.807, 2.05) is 0 Å². The third-order valence-electron chi connectivity index (χ3n) is 4.03. The molecule has 1 aromatic rings. The van der Waals surface area contributed by atoms with Crippen LogP contribution in [0.1, 0.15) is 44.8 Å². The number of hydrogen-bond donors (Lipinski definition) is 2. The van der Waals surface area contributed by atoms with Crippen LogP contribution in [0.4, 0.5) is 10.1 Å². The van der Waals surface area contributed by atoms with E-state index in [9.17, 15) is 9.50 Å². The standard InChI is InChI=1S/C15H22FNO/c1-9-5-10(2)7-11(6-9)15(18)13-8-12(16)3-4-14(13)17/h3-4,8-11,15,18H,5-7,17H2,1-2H3. The van der Waals surface area contributed by atoms with Crippen molar-refractivity contribution in [2.45, 2.75) is 39.2 Å². The summed E-state index contributed by atoms with van der Waals surface area (Å²) in [7, 11) is 0. The molecule has 1 aliphatic carbocycles. The van der Waals surface area contributed by atoms with E-state index in [0.717, 1.165) is 12.8 Å². The first-order valence-corrected chi connectivity index (χ1v) is 6.70. The Morgan fingerprint density at radius 1 is 1.22 bits per heavy atom. The number of aliphatic hydroxyl groups is 1. The van der Waals surface area contributed by atoms with Crippen LogP contribution in [0.3, 0.4) is 0 Å². The summed E-state index contributed by atoms with van der Waals surface area (Å²) in [6, 6.07) is 4.23. The summed E-state index contributed by atoms with van der Waals surface area (Å²) in [6.07, 6.45) is 2.54. The zero-order chi connectivity index (χ0) is 13.3. The van der Waals surface area contributed by atoms with E-state index in [1.165, 1.54) is 24.6 Å². The molecule has 0 aliphatic heterocycles. The summed E-state index contributed by atoms with van der Waals surface area (Å²) in [6.45, 7) is 4.43. The molecule has 0 radical (unpaired) electrons. The Bertz CT molecular complexity index is 411. The van der Waals surface area contributed by atoms with Crippen molar-refractivity contribution in [3.8, 4) is 0 Å². The molecule has 0 amide bonds. The van der Waals surface area contributed by atoms with Crippen molar-refractivity contribution >= 4 is 5.69 Å². The van der Waals surface area contributed by atoms with Gasteiger partial charge in [0.1, 0.15) is 5.82 Å². The van der Waals surface area contributed by atoms with Crippen LogP contribution in [0.2, 0.25) is 0 Å². The molecule has 1 aliphatic rings. The van der Waals surface area contributed by atoms with Gasteiger partial charge in [-0.1, -0.05) is 13.8 Å². The maximum Gasteiger partial charge on any atom is 0.123 e. The van der Waals surface area contributed by atoms with Gasteiger partial charge in [-0.05, 0) is 55.2 Å². The van der Waals surface area contributed by atoms with E-state index in [-0.39, 0.29) is 11.7 Å². The van der Waals surface area contributed by atoms with Gasteiger partial charge in [0.05, 0.1) is 6.10 Å². The summed E-state index contributed by atoms with van der Waals surface area (Å²) < 4.78 is 13.3. The molecule has 1 saturated carbocycles. The van der Waals surface area contributed by atoms with Crippen LogP contribution in [-0.2, 0) is 0 Å². The number of nitrogens with two attached hydrogens (primary N) is 1. The third-order valence-corrected chi connectivity index (χ3v) is 4.03. The van der Waals surface area contributed by atoms with Crippen molar-refractivity contribution in [3.63, 3.8) is 0 Å². The van der Waals surface area contributed by atoms with Crippen molar-refractivity contribution in [2.24, 2.45) is 17.8 Å². The molecule has 2 rings (SSSR count). The maximum absolute atomic E-state index is 13.3. The highest BCUT2D eigenvalue weighted by atomic mass is 19.1. The van der Waals surface area contributed by atoms with Crippen molar-refractivity contribution in [2.75, 3.05) is 5.73 Å². The van der Waals surface area contributed by atoms with Crippen LogP contribution < -0.4 is 5.73 Å². The minimum atomic E-state index is -0.647. The SMILES string of the molecule is CC1CC(C)CC(C(O)c2cc(F)ccc2N)C1. The molecule has 0 aromatic heterocycles. The van der Waals surface area contributed by atoms with E-state index in [0.29, 0.717) is 23.1 Å². The highest BCUT2D eigenvalue weighted by Crippen LogP contribution is 2.41. The van der Waals surface area contributed by atoms with Gasteiger partial charge in [0, 0.05) is 11.3 Å². The number of aliphatic hydroxyl groups excluding tert-OH is 1. The lowest BCUT2D eigenvalue weighted by Crippen LogP contribution is -2.25. The molecule has 0 spiro atoms. The quantitative estimate of drug-likeness (QED) is 0.790. The van der Waals surface area contributed by atoms with E-state index in [2.05, 4.69) is 13.8 Å². The number of anilines is 1. The van der Waals surface area contributed by atoms with Gasteiger partial charge in [0.2, 0.25) is 0 Å². The van der Waals surface area contributed by atoms with Crippen LogP contribution in [0.25, 0.3) is 0 Å². The fourth-order valence-corrected chi connectivity index (χ4v) is 3.32. The molecular formula is C15H22FNO. The average molecular weight is 251 g/mol. The molecule has 3 unspecified atom stereocenters. The van der Waals surface area contributed by atoms with Crippen molar-refractivity contribution < 1.29 is 9.50 Å². The average Bonchev–Trinajstić information content (AvgIpc) is 2.30. The maximum atomic E-state index is 13.3. The second-order valence-electron chi connectivity index (χ2n) is 5.90. The van der Waals surface area contributed by atoms with Gasteiger partial charge in [-0.2, -0.15) is 0 Å². The molecule has 1 fully saturated rings. The van der Waals surface area contributed by atoms with Crippen molar-refractivity contribution in [1.29, 1.82) is 0 Å². The van der Waals surface area contributed by atoms with Gasteiger partial charge < -0.3 is 10.8 Å². The Morgan fingerprint density at radius 3 is 2.44 bits per heavy atom. The van der Waals surface area contributed by atoms with E-state index < -0.39 is 6.10 Å².